The van der Waals surface area contributed by atoms with E-state index in [1.165, 1.54) is 38.5 Å². The highest BCUT2D eigenvalue weighted by Gasteiger charge is 2.48. The fourth-order valence-electron chi connectivity index (χ4n) is 3.78. The van der Waals surface area contributed by atoms with Crippen LogP contribution in [0, 0.1) is 11.8 Å². The lowest BCUT2D eigenvalue weighted by Gasteiger charge is -2.37. The quantitative estimate of drug-likeness (QED) is 0.643. The molecule has 0 aromatic carbocycles. The number of fused-ring (bicyclic) bond motifs is 1. The zero-order valence-electron chi connectivity index (χ0n) is 11.1. The van der Waals surface area contributed by atoms with E-state index in [0.717, 1.165) is 18.4 Å². The first kappa shape index (κ1) is 12.2. The van der Waals surface area contributed by atoms with E-state index in [0.29, 0.717) is 0 Å². The highest BCUT2D eigenvalue weighted by Crippen LogP contribution is 2.49. The summed E-state index contributed by atoms with van der Waals surface area (Å²) in [7, 11) is 0. The Morgan fingerprint density at radius 3 is 2.62 bits per heavy atom. The third-order valence-electron chi connectivity index (χ3n) is 4.49. The van der Waals surface area contributed by atoms with E-state index in [1.54, 1.807) is 5.57 Å². The Hall–Kier alpha value is -0.300. The topological polar surface area (TPSA) is 9.23 Å². The molecule has 1 aliphatic heterocycles. The molecule has 16 heavy (non-hydrogen) atoms. The Labute approximate surface area is 100 Å². The van der Waals surface area contributed by atoms with Gasteiger partial charge in [0.15, 0.2) is 0 Å². The largest absolute Gasteiger partial charge is 0.374 e. The van der Waals surface area contributed by atoms with Gasteiger partial charge in [0.05, 0.1) is 12.2 Å². The fraction of sp³-hybridized carbons (Fsp3) is 0.867. The summed E-state index contributed by atoms with van der Waals surface area (Å²) in [6.07, 6.45) is 10.00. The lowest BCUT2D eigenvalue weighted by Crippen LogP contribution is -2.38. The van der Waals surface area contributed by atoms with E-state index in [2.05, 4.69) is 26.8 Å². The first-order chi connectivity index (χ1) is 7.72. The van der Waals surface area contributed by atoms with Gasteiger partial charge in [-0.1, -0.05) is 38.3 Å². The monoisotopic (exact) mass is 222 g/mol. The normalized spacial score (nSPS) is 32.3. The van der Waals surface area contributed by atoms with Gasteiger partial charge in [0.2, 0.25) is 0 Å². The van der Waals surface area contributed by atoms with Gasteiger partial charge in [0.1, 0.15) is 0 Å². The van der Waals surface area contributed by atoms with Crippen LogP contribution < -0.4 is 0 Å². The first-order valence-corrected chi connectivity index (χ1v) is 7.01. The second-order valence-corrected chi connectivity index (χ2v) is 5.73. The molecule has 1 nitrogen and oxygen atoms in total. The van der Waals surface area contributed by atoms with E-state index in [4.69, 9.17) is 4.74 Å². The average Bonchev–Trinajstić information content (AvgIpc) is 2.59. The summed E-state index contributed by atoms with van der Waals surface area (Å²) >= 11 is 0. The maximum Gasteiger partial charge on any atom is 0.0717 e. The summed E-state index contributed by atoms with van der Waals surface area (Å²) in [5.74, 6) is 1.61. The van der Waals surface area contributed by atoms with Crippen molar-refractivity contribution in [2.24, 2.45) is 11.8 Å². The summed E-state index contributed by atoms with van der Waals surface area (Å²) < 4.78 is 6.28. The molecule has 1 heterocycles. The minimum absolute atomic E-state index is 0.226. The van der Waals surface area contributed by atoms with Gasteiger partial charge in [0, 0.05) is 0 Å². The van der Waals surface area contributed by atoms with Gasteiger partial charge in [-0.05, 0) is 44.4 Å². The molecular weight excluding hydrogens is 196 g/mol. The van der Waals surface area contributed by atoms with Crippen molar-refractivity contribution in [1.82, 2.24) is 0 Å². The van der Waals surface area contributed by atoms with Gasteiger partial charge in [-0.25, -0.2) is 0 Å². The maximum absolute atomic E-state index is 6.28. The molecule has 0 saturated carbocycles. The third-order valence-corrected chi connectivity index (χ3v) is 4.49. The van der Waals surface area contributed by atoms with Crippen molar-refractivity contribution >= 4 is 0 Å². The Morgan fingerprint density at radius 2 is 2.00 bits per heavy atom. The molecule has 0 amide bonds. The molecule has 1 saturated heterocycles. The maximum atomic E-state index is 6.28. The minimum atomic E-state index is 0.226. The second kappa shape index (κ2) is 4.91. The molecular formula is C15H26O. The average molecular weight is 222 g/mol. The lowest BCUT2D eigenvalue weighted by molar-refractivity contribution is -0.0366. The molecule has 1 aliphatic carbocycles. The van der Waals surface area contributed by atoms with Crippen LogP contribution in [0.25, 0.3) is 0 Å². The van der Waals surface area contributed by atoms with Crippen LogP contribution in [0.15, 0.2) is 11.6 Å². The van der Waals surface area contributed by atoms with Crippen molar-refractivity contribution in [3.63, 3.8) is 0 Å². The Kier molecular flexibility index (Phi) is 3.73. The molecule has 2 aliphatic rings. The molecule has 92 valence electrons. The second-order valence-electron chi connectivity index (χ2n) is 5.73. The fourth-order valence-corrected chi connectivity index (χ4v) is 3.78. The Balaban J connectivity index is 2.16. The predicted octanol–water partition coefficient (Wildman–Crippen LogP) is 4.33. The van der Waals surface area contributed by atoms with Crippen LogP contribution in [-0.4, -0.2) is 12.2 Å². The number of ether oxygens (including phenoxy) is 1. The molecule has 0 aromatic heterocycles. The minimum Gasteiger partial charge on any atom is -0.374 e. The van der Waals surface area contributed by atoms with Crippen LogP contribution in [0.3, 0.4) is 0 Å². The van der Waals surface area contributed by atoms with Crippen molar-refractivity contribution < 1.29 is 4.74 Å². The summed E-state index contributed by atoms with van der Waals surface area (Å²) in [5, 5.41) is 0. The van der Waals surface area contributed by atoms with E-state index < -0.39 is 0 Å². The number of rotatable bonds is 4. The van der Waals surface area contributed by atoms with Crippen LogP contribution in [0.4, 0.5) is 0 Å². The SMILES string of the molecule is CCCC1(CCC)OCC2CC=C(C)CC21. The predicted molar refractivity (Wildman–Crippen MR) is 68.5 cm³/mol. The van der Waals surface area contributed by atoms with Crippen LogP contribution in [-0.2, 0) is 4.74 Å². The highest BCUT2D eigenvalue weighted by molar-refractivity contribution is 5.12. The van der Waals surface area contributed by atoms with Gasteiger partial charge in [0.25, 0.3) is 0 Å². The molecule has 1 heteroatoms. The van der Waals surface area contributed by atoms with Crippen LogP contribution in [0.5, 0.6) is 0 Å². The number of allylic oxidation sites excluding steroid dienone is 2. The molecule has 0 aromatic rings. The third kappa shape index (κ3) is 2.07. The Morgan fingerprint density at radius 1 is 1.31 bits per heavy atom. The molecule has 2 rings (SSSR count). The molecule has 0 N–H and O–H groups in total. The standard InChI is InChI=1S/C15H26O/c1-4-8-15(9-5-2)14-10-12(3)6-7-13(14)11-16-15/h6,13-14H,4-5,7-11H2,1-3H3. The zero-order valence-corrected chi connectivity index (χ0v) is 11.1. The zero-order chi connectivity index (χ0) is 11.6. The molecule has 0 bridgehead atoms. The summed E-state index contributed by atoms with van der Waals surface area (Å²) in [4.78, 5) is 0. The number of hydrogen-bond acceptors (Lipinski definition) is 1. The van der Waals surface area contributed by atoms with Crippen molar-refractivity contribution in [2.45, 2.75) is 64.9 Å². The molecule has 2 unspecified atom stereocenters. The van der Waals surface area contributed by atoms with Gasteiger partial charge in [-0.3, -0.25) is 0 Å². The van der Waals surface area contributed by atoms with Crippen LogP contribution in [0.2, 0.25) is 0 Å². The molecule has 0 radical (unpaired) electrons. The van der Waals surface area contributed by atoms with Gasteiger partial charge >= 0.3 is 0 Å². The van der Waals surface area contributed by atoms with Gasteiger partial charge in [-0.2, -0.15) is 0 Å². The van der Waals surface area contributed by atoms with E-state index in [9.17, 15) is 0 Å². The van der Waals surface area contributed by atoms with E-state index in [1.807, 2.05) is 0 Å². The molecule has 0 spiro atoms. The van der Waals surface area contributed by atoms with Crippen molar-refractivity contribution in [3.05, 3.63) is 11.6 Å². The van der Waals surface area contributed by atoms with Gasteiger partial charge < -0.3 is 4.74 Å². The van der Waals surface area contributed by atoms with Gasteiger partial charge in [-0.15, -0.1) is 0 Å². The molecule has 2 atom stereocenters. The van der Waals surface area contributed by atoms with Crippen molar-refractivity contribution in [3.8, 4) is 0 Å². The summed E-state index contributed by atoms with van der Waals surface area (Å²) in [5.41, 5.74) is 1.81. The first-order valence-electron chi connectivity index (χ1n) is 7.01. The summed E-state index contributed by atoms with van der Waals surface area (Å²) in [6, 6.07) is 0. The Bertz CT molecular complexity index is 261. The molecule has 1 fully saturated rings. The van der Waals surface area contributed by atoms with Crippen LogP contribution >= 0.6 is 0 Å². The van der Waals surface area contributed by atoms with E-state index >= 15 is 0 Å². The lowest BCUT2D eigenvalue weighted by atomic mass is 9.70. The highest BCUT2D eigenvalue weighted by atomic mass is 16.5. The van der Waals surface area contributed by atoms with Crippen molar-refractivity contribution in [1.29, 1.82) is 0 Å². The van der Waals surface area contributed by atoms with E-state index in [-0.39, 0.29) is 5.60 Å². The number of hydrogen-bond donors (Lipinski definition) is 0. The summed E-state index contributed by atoms with van der Waals surface area (Å²) in [6.45, 7) is 7.88. The smallest absolute Gasteiger partial charge is 0.0717 e. The van der Waals surface area contributed by atoms with Crippen molar-refractivity contribution in [2.75, 3.05) is 6.61 Å². The van der Waals surface area contributed by atoms with Crippen LogP contribution in [0.1, 0.15) is 59.3 Å².